The number of carbonyl (C=O) groups is 2. The zero-order valence-electron chi connectivity index (χ0n) is 14.4. The molecule has 0 aliphatic rings. The highest BCUT2D eigenvalue weighted by Gasteiger charge is 2.29. The minimum Gasteiger partial charge on any atom is -0.478 e. The lowest BCUT2D eigenvalue weighted by Gasteiger charge is -2.21. The van der Waals surface area contributed by atoms with Crippen LogP contribution in [0.1, 0.15) is 13.8 Å². The van der Waals surface area contributed by atoms with Crippen molar-refractivity contribution in [2.75, 3.05) is 10.6 Å². The molecule has 0 saturated heterocycles. The van der Waals surface area contributed by atoms with Crippen molar-refractivity contribution in [3.05, 3.63) is 57.6 Å². The number of hydrogen-bond acceptors (Lipinski definition) is 5. The molecule has 27 heavy (non-hydrogen) atoms. The zero-order chi connectivity index (χ0) is 20.2. The summed E-state index contributed by atoms with van der Waals surface area (Å²) in [5.41, 5.74) is -1.10. The third kappa shape index (κ3) is 5.32. The van der Waals surface area contributed by atoms with Crippen LogP contribution in [0.5, 0.6) is 5.75 Å². The van der Waals surface area contributed by atoms with E-state index in [1.54, 1.807) is 0 Å². The Labute approximate surface area is 159 Å². The molecule has 0 atom stereocenters. The number of rotatable bonds is 6. The van der Waals surface area contributed by atoms with E-state index in [1.165, 1.54) is 50.2 Å². The van der Waals surface area contributed by atoms with Crippen LogP contribution in [0.2, 0.25) is 5.02 Å². The van der Waals surface area contributed by atoms with E-state index >= 15 is 0 Å². The first-order valence-electron chi connectivity index (χ1n) is 7.63. The molecule has 2 aromatic rings. The van der Waals surface area contributed by atoms with Crippen molar-refractivity contribution in [1.29, 1.82) is 0 Å². The predicted octanol–water partition coefficient (Wildman–Crippen LogP) is 4.13. The van der Waals surface area contributed by atoms with Crippen molar-refractivity contribution in [3.8, 4) is 5.75 Å². The summed E-state index contributed by atoms with van der Waals surface area (Å²) in [5, 5.41) is 24.9. The minimum atomic E-state index is -1.39. The Kier molecular flexibility index (Phi) is 5.86. The number of nitrogens with one attached hydrogen (secondary N) is 2. The fourth-order valence-corrected chi connectivity index (χ4v) is 2.15. The van der Waals surface area contributed by atoms with Gasteiger partial charge in [-0.15, -0.1) is 0 Å². The first-order valence-corrected chi connectivity index (χ1v) is 8.01. The van der Waals surface area contributed by atoms with Crippen LogP contribution in [0.4, 0.5) is 21.9 Å². The average Bonchev–Trinajstić information content (AvgIpc) is 2.57. The monoisotopic (exact) mass is 393 g/mol. The molecular formula is C17H16ClN3O6. The molecule has 0 saturated carbocycles. The maximum Gasteiger partial charge on any atom is 0.347 e. The first-order chi connectivity index (χ1) is 12.6. The molecule has 0 radical (unpaired) electrons. The third-order valence-electron chi connectivity index (χ3n) is 3.40. The maximum atomic E-state index is 12.0. The largest absolute Gasteiger partial charge is 0.478 e. The summed E-state index contributed by atoms with van der Waals surface area (Å²) in [6.45, 7) is 2.83. The molecule has 0 aliphatic carbocycles. The highest BCUT2D eigenvalue weighted by atomic mass is 35.5. The van der Waals surface area contributed by atoms with E-state index in [0.29, 0.717) is 11.4 Å². The molecule has 3 N–H and O–H groups in total. The van der Waals surface area contributed by atoms with Crippen molar-refractivity contribution in [2.24, 2.45) is 0 Å². The highest BCUT2D eigenvalue weighted by molar-refractivity contribution is 6.32. The molecule has 10 heteroatoms. The lowest BCUT2D eigenvalue weighted by atomic mass is 10.1. The number of nitrogens with zero attached hydrogens (tertiary/aromatic N) is 1. The molecule has 0 unspecified atom stereocenters. The van der Waals surface area contributed by atoms with Gasteiger partial charge in [-0.05, 0) is 50.2 Å². The molecule has 0 aromatic heterocycles. The van der Waals surface area contributed by atoms with Crippen molar-refractivity contribution < 1.29 is 24.4 Å². The number of urea groups is 1. The first kappa shape index (κ1) is 20.0. The molecule has 2 aromatic carbocycles. The number of amides is 2. The van der Waals surface area contributed by atoms with Gasteiger partial charge in [0.2, 0.25) is 0 Å². The number of anilines is 2. The number of aliphatic carboxylic acids is 1. The highest BCUT2D eigenvalue weighted by Crippen LogP contribution is 2.27. The van der Waals surface area contributed by atoms with Crippen LogP contribution in [0.25, 0.3) is 0 Å². The lowest BCUT2D eigenvalue weighted by Crippen LogP contribution is -2.37. The SMILES string of the molecule is CC(C)(Oc1ccc(NC(=O)Nc2ccc(Cl)c([N+](=O)[O-])c2)cc1)C(=O)O. The smallest absolute Gasteiger partial charge is 0.347 e. The van der Waals surface area contributed by atoms with E-state index in [1.807, 2.05) is 0 Å². The Morgan fingerprint density at radius 3 is 2.22 bits per heavy atom. The van der Waals surface area contributed by atoms with Crippen molar-refractivity contribution >= 4 is 40.7 Å². The number of nitro groups is 1. The van der Waals surface area contributed by atoms with Crippen molar-refractivity contribution in [2.45, 2.75) is 19.4 Å². The van der Waals surface area contributed by atoms with E-state index in [0.717, 1.165) is 6.07 Å². The molecule has 142 valence electrons. The Morgan fingerprint density at radius 1 is 1.11 bits per heavy atom. The van der Waals surface area contributed by atoms with Gasteiger partial charge in [-0.25, -0.2) is 9.59 Å². The van der Waals surface area contributed by atoms with Crippen LogP contribution in [0.3, 0.4) is 0 Å². The average molecular weight is 394 g/mol. The van der Waals surface area contributed by atoms with Crippen LogP contribution in [0.15, 0.2) is 42.5 Å². The van der Waals surface area contributed by atoms with E-state index in [2.05, 4.69) is 10.6 Å². The minimum absolute atomic E-state index is 0.0363. The molecular weight excluding hydrogens is 378 g/mol. The van der Waals surface area contributed by atoms with Gasteiger partial charge in [0.15, 0.2) is 5.60 Å². The number of carbonyl (C=O) groups excluding carboxylic acids is 1. The van der Waals surface area contributed by atoms with Gasteiger partial charge in [-0.1, -0.05) is 11.6 Å². The van der Waals surface area contributed by atoms with E-state index in [4.69, 9.17) is 21.4 Å². The second-order valence-corrected chi connectivity index (χ2v) is 6.35. The summed E-state index contributed by atoms with van der Waals surface area (Å²) in [6.07, 6.45) is 0. The molecule has 2 amide bonds. The van der Waals surface area contributed by atoms with Gasteiger partial charge in [0.1, 0.15) is 10.8 Å². The summed E-state index contributed by atoms with van der Waals surface area (Å²) >= 11 is 5.72. The van der Waals surface area contributed by atoms with Crippen LogP contribution < -0.4 is 15.4 Å². The number of hydrogen-bond donors (Lipinski definition) is 3. The molecule has 2 rings (SSSR count). The fraction of sp³-hybridized carbons (Fsp3) is 0.176. The lowest BCUT2D eigenvalue weighted by molar-refractivity contribution is -0.384. The molecule has 0 fully saturated rings. The van der Waals surface area contributed by atoms with Crippen LogP contribution >= 0.6 is 11.6 Å². The predicted molar refractivity (Wildman–Crippen MR) is 99.5 cm³/mol. The number of benzene rings is 2. The standard InChI is InChI=1S/C17H16ClN3O6/c1-17(2,15(22)23)27-12-6-3-10(4-7-12)19-16(24)20-11-5-8-13(18)14(9-11)21(25)26/h3-9H,1-2H3,(H,22,23)(H2,19,20,24). The normalized spacial score (nSPS) is 10.8. The number of carboxylic acid groups (broad SMARTS) is 1. The summed E-state index contributed by atoms with van der Waals surface area (Å²) in [5.74, 6) is -0.789. The van der Waals surface area contributed by atoms with Gasteiger partial charge < -0.3 is 20.5 Å². The quantitative estimate of drug-likeness (QED) is 0.499. The molecule has 0 aliphatic heterocycles. The Bertz CT molecular complexity index is 883. The van der Waals surface area contributed by atoms with Crippen LogP contribution in [-0.4, -0.2) is 27.6 Å². The summed E-state index contributed by atoms with van der Waals surface area (Å²) in [7, 11) is 0. The van der Waals surface area contributed by atoms with Gasteiger partial charge in [-0.3, -0.25) is 10.1 Å². The summed E-state index contributed by atoms with van der Waals surface area (Å²) < 4.78 is 5.36. The fourth-order valence-electron chi connectivity index (χ4n) is 1.97. The van der Waals surface area contributed by atoms with Crippen LogP contribution in [-0.2, 0) is 4.79 Å². The number of halogens is 1. The van der Waals surface area contributed by atoms with E-state index in [-0.39, 0.29) is 16.4 Å². The third-order valence-corrected chi connectivity index (χ3v) is 3.72. The molecule has 0 bridgehead atoms. The van der Waals surface area contributed by atoms with Gasteiger partial charge in [-0.2, -0.15) is 0 Å². The van der Waals surface area contributed by atoms with Gasteiger partial charge in [0.25, 0.3) is 5.69 Å². The molecule has 0 spiro atoms. The number of ether oxygens (including phenoxy) is 1. The summed E-state index contributed by atoms with van der Waals surface area (Å²) in [6, 6.07) is 9.33. The van der Waals surface area contributed by atoms with Gasteiger partial charge in [0, 0.05) is 17.4 Å². The Morgan fingerprint density at radius 2 is 1.67 bits per heavy atom. The van der Waals surface area contributed by atoms with Crippen molar-refractivity contribution in [3.63, 3.8) is 0 Å². The van der Waals surface area contributed by atoms with Gasteiger partial charge >= 0.3 is 12.0 Å². The number of carboxylic acids is 1. The van der Waals surface area contributed by atoms with E-state index < -0.39 is 22.5 Å². The van der Waals surface area contributed by atoms with Crippen LogP contribution in [0, 0.1) is 10.1 Å². The van der Waals surface area contributed by atoms with Gasteiger partial charge in [0.05, 0.1) is 4.92 Å². The van der Waals surface area contributed by atoms with Crippen molar-refractivity contribution in [1.82, 2.24) is 0 Å². The molecule has 0 heterocycles. The van der Waals surface area contributed by atoms with E-state index in [9.17, 15) is 19.7 Å². The Hall–Kier alpha value is -3.33. The second kappa shape index (κ2) is 7.92. The summed E-state index contributed by atoms with van der Waals surface area (Å²) in [4.78, 5) is 33.3. The second-order valence-electron chi connectivity index (χ2n) is 5.94. The zero-order valence-corrected chi connectivity index (χ0v) is 15.1. The maximum absolute atomic E-state index is 12.0. The molecule has 9 nitrogen and oxygen atoms in total. The number of nitro benzene ring substituents is 1. The topological polar surface area (TPSA) is 131 Å². The Balaban J connectivity index is 2.01.